The van der Waals surface area contributed by atoms with Gasteiger partial charge in [0.2, 0.25) is 0 Å². The molecule has 3 rings (SSSR count). The van der Waals surface area contributed by atoms with Crippen LogP contribution in [-0.4, -0.2) is 35.7 Å². The summed E-state index contributed by atoms with van der Waals surface area (Å²) in [4.78, 5) is 4.35. The lowest BCUT2D eigenvalue weighted by Gasteiger charge is -2.36. The first kappa shape index (κ1) is 14.0. The first-order valence-corrected chi connectivity index (χ1v) is 7.68. The minimum atomic E-state index is 0.274. The predicted octanol–water partition coefficient (Wildman–Crippen LogP) is 2.70. The van der Waals surface area contributed by atoms with Crippen LogP contribution < -0.4 is 9.80 Å². The summed E-state index contributed by atoms with van der Waals surface area (Å²) in [5, 5.41) is 19.8. The highest BCUT2D eigenvalue weighted by Gasteiger charge is 2.23. The van der Waals surface area contributed by atoms with E-state index in [-0.39, 0.29) is 10.9 Å². The number of anilines is 2. The number of benzene rings is 1. The maximum atomic E-state index is 9.55. The van der Waals surface area contributed by atoms with Crippen LogP contribution in [0.5, 0.6) is 5.75 Å². The van der Waals surface area contributed by atoms with Crippen LogP contribution in [0.3, 0.4) is 0 Å². The van der Waals surface area contributed by atoms with Crippen LogP contribution in [0.1, 0.15) is 5.56 Å². The first-order valence-electron chi connectivity index (χ1n) is 6.53. The van der Waals surface area contributed by atoms with E-state index in [9.17, 15) is 5.11 Å². The van der Waals surface area contributed by atoms with Crippen LogP contribution >= 0.6 is 23.1 Å². The molecule has 0 saturated carbocycles. The summed E-state index contributed by atoms with van der Waals surface area (Å²) in [5.74, 6) is 0.274. The number of piperazine rings is 1. The zero-order chi connectivity index (χ0) is 14.8. The van der Waals surface area contributed by atoms with Crippen molar-refractivity contribution in [3.8, 4) is 11.8 Å². The zero-order valence-electron chi connectivity index (χ0n) is 11.2. The molecule has 1 aromatic heterocycles. The number of aromatic nitrogens is 1. The van der Waals surface area contributed by atoms with Crippen LogP contribution in [0, 0.1) is 11.3 Å². The molecule has 1 aromatic carbocycles. The lowest BCUT2D eigenvalue weighted by Crippen LogP contribution is -2.46. The van der Waals surface area contributed by atoms with Crippen molar-refractivity contribution in [2.75, 3.05) is 36.0 Å². The van der Waals surface area contributed by atoms with Gasteiger partial charge in [-0.05, 0) is 23.7 Å². The number of aromatic hydroxyl groups is 1. The normalized spacial score (nSPS) is 15.0. The van der Waals surface area contributed by atoms with Gasteiger partial charge in [0.1, 0.15) is 22.4 Å². The third kappa shape index (κ3) is 2.75. The van der Waals surface area contributed by atoms with Gasteiger partial charge in [-0.15, -0.1) is 0 Å². The van der Waals surface area contributed by atoms with Gasteiger partial charge >= 0.3 is 0 Å². The highest BCUT2D eigenvalue weighted by molar-refractivity contribution is 7.10. The predicted molar refractivity (Wildman–Crippen MR) is 84.4 cm³/mol. The summed E-state index contributed by atoms with van der Waals surface area (Å²) in [7, 11) is 0. The molecule has 0 radical (unpaired) electrons. The summed E-state index contributed by atoms with van der Waals surface area (Å²) >= 11 is 7.19. The smallest absolute Gasteiger partial charge is 0.162 e. The standard InChI is InChI=1S/C14H13ClN4OS/c15-13-12(9-16)14(21-17-13)19-6-4-18(5-7-19)10-2-1-3-11(20)8-10/h1-3,8,20H,4-7H2. The topological polar surface area (TPSA) is 63.4 Å². The number of rotatable bonds is 2. The second kappa shape index (κ2) is 5.80. The minimum absolute atomic E-state index is 0.274. The zero-order valence-corrected chi connectivity index (χ0v) is 12.7. The van der Waals surface area contributed by atoms with Crippen LogP contribution in [0.15, 0.2) is 24.3 Å². The van der Waals surface area contributed by atoms with Crippen molar-refractivity contribution >= 4 is 33.8 Å². The summed E-state index contributed by atoms with van der Waals surface area (Å²) in [6.07, 6.45) is 0. The first-order chi connectivity index (χ1) is 10.2. The Morgan fingerprint density at radius 2 is 1.95 bits per heavy atom. The van der Waals surface area contributed by atoms with Gasteiger partial charge in [-0.25, -0.2) is 0 Å². The number of phenols is 1. The van der Waals surface area contributed by atoms with E-state index in [1.54, 1.807) is 12.1 Å². The Balaban J connectivity index is 1.72. The van der Waals surface area contributed by atoms with Crippen molar-refractivity contribution in [3.05, 3.63) is 35.0 Å². The Bertz CT molecular complexity index is 689. The van der Waals surface area contributed by atoms with Gasteiger partial charge in [0.25, 0.3) is 0 Å². The van der Waals surface area contributed by atoms with Crippen LogP contribution in [-0.2, 0) is 0 Å². The highest BCUT2D eigenvalue weighted by atomic mass is 35.5. The van der Waals surface area contributed by atoms with Crippen molar-refractivity contribution < 1.29 is 5.11 Å². The maximum Gasteiger partial charge on any atom is 0.162 e. The van der Waals surface area contributed by atoms with E-state index in [2.05, 4.69) is 20.2 Å². The number of hydrogen-bond donors (Lipinski definition) is 1. The number of nitriles is 1. The van der Waals surface area contributed by atoms with Gasteiger partial charge in [0.05, 0.1) is 0 Å². The fraction of sp³-hybridized carbons (Fsp3) is 0.286. The molecule has 1 N–H and O–H groups in total. The fourth-order valence-corrected chi connectivity index (χ4v) is 3.51. The molecule has 7 heteroatoms. The molecule has 108 valence electrons. The van der Waals surface area contributed by atoms with Gasteiger partial charge in [0.15, 0.2) is 5.15 Å². The second-order valence-electron chi connectivity index (χ2n) is 4.76. The fourth-order valence-electron chi connectivity index (χ4n) is 2.43. The van der Waals surface area contributed by atoms with E-state index in [4.69, 9.17) is 16.9 Å². The molecule has 0 amide bonds. The molecule has 0 bridgehead atoms. The molecule has 0 spiro atoms. The molecule has 2 aromatic rings. The third-order valence-electron chi connectivity index (χ3n) is 3.51. The molecular formula is C14H13ClN4OS. The molecule has 5 nitrogen and oxygen atoms in total. The molecule has 21 heavy (non-hydrogen) atoms. The number of nitrogens with zero attached hydrogens (tertiary/aromatic N) is 4. The Morgan fingerprint density at radius 3 is 2.62 bits per heavy atom. The molecule has 2 heterocycles. The van der Waals surface area contributed by atoms with Crippen molar-refractivity contribution in [1.82, 2.24) is 4.37 Å². The molecule has 0 unspecified atom stereocenters. The molecule has 1 aliphatic heterocycles. The molecule has 1 fully saturated rings. The second-order valence-corrected chi connectivity index (χ2v) is 5.87. The molecule has 0 aliphatic carbocycles. The van der Waals surface area contributed by atoms with Gasteiger partial charge < -0.3 is 14.9 Å². The largest absolute Gasteiger partial charge is 0.508 e. The van der Waals surface area contributed by atoms with Crippen molar-refractivity contribution in [2.45, 2.75) is 0 Å². The summed E-state index contributed by atoms with van der Waals surface area (Å²) in [5.41, 5.74) is 1.48. The molecule has 0 atom stereocenters. The number of hydrogen-bond acceptors (Lipinski definition) is 6. The van der Waals surface area contributed by atoms with E-state index in [0.717, 1.165) is 36.9 Å². The molecule has 1 aliphatic rings. The Labute approximate surface area is 131 Å². The summed E-state index contributed by atoms with van der Waals surface area (Å²) in [6.45, 7) is 3.24. The van der Waals surface area contributed by atoms with Gasteiger partial charge in [-0.3, -0.25) is 0 Å². The average Bonchev–Trinajstić information content (AvgIpc) is 2.88. The van der Waals surface area contributed by atoms with Gasteiger partial charge in [-0.1, -0.05) is 17.7 Å². The van der Waals surface area contributed by atoms with E-state index >= 15 is 0 Å². The lowest BCUT2D eigenvalue weighted by molar-refractivity contribution is 0.475. The van der Waals surface area contributed by atoms with Crippen LogP contribution in [0.4, 0.5) is 10.7 Å². The molecule has 1 saturated heterocycles. The van der Waals surface area contributed by atoms with Crippen molar-refractivity contribution in [3.63, 3.8) is 0 Å². The Hall–Kier alpha value is -1.97. The van der Waals surface area contributed by atoms with E-state index in [1.807, 2.05) is 12.1 Å². The number of halogens is 1. The highest BCUT2D eigenvalue weighted by Crippen LogP contribution is 2.32. The monoisotopic (exact) mass is 320 g/mol. The minimum Gasteiger partial charge on any atom is -0.508 e. The number of phenolic OH excluding ortho intramolecular Hbond substituents is 1. The van der Waals surface area contributed by atoms with Crippen molar-refractivity contribution in [2.24, 2.45) is 0 Å². The van der Waals surface area contributed by atoms with Crippen molar-refractivity contribution in [1.29, 1.82) is 5.26 Å². The third-order valence-corrected chi connectivity index (χ3v) is 4.79. The summed E-state index contributed by atoms with van der Waals surface area (Å²) < 4.78 is 4.05. The summed E-state index contributed by atoms with van der Waals surface area (Å²) in [6, 6.07) is 9.37. The van der Waals surface area contributed by atoms with E-state index in [0.29, 0.717) is 5.56 Å². The van der Waals surface area contributed by atoms with Crippen LogP contribution in [0.2, 0.25) is 5.15 Å². The van der Waals surface area contributed by atoms with Gasteiger partial charge in [-0.2, -0.15) is 9.64 Å². The quantitative estimate of drug-likeness (QED) is 0.921. The maximum absolute atomic E-state index is 9.55. The van der Waals surface area contributed by atoms with Gasteiger partial charge in [0, 0.05) is 37.9 Å². The average molecular weight is 321 g/mol. The SMILES string of the molecule is N#Cc1c(Cl)nsc1N1CCN(c2cccc(O)c2)CC1. The van der Waals surface area contributed by atoms with E-state index in [1.165, 1.54) is 11.5 Å². The lowest BCUT2D eigenvalue weighted by atomic mass is 10.2. The van der Waals surface area contributed by atoms with E-state index < -0.39 is 0 Å². The Kier molecular flexibility index (Phi) is 3.86. The van der Waals surface area contributed by atoms with Crippen LogP contribution in [0.25, 0.3) is 0 Å². The Morgan fingerprint density at radius 1 is 1.24 bits per heavy atom. The molecular weight excluding hydrogens is 308 g/mol.